The van der Waals surface area contributed by atoms with E-state index in [2.05, 4.69) is 4.74 Å². The fourth-order valence-electron chi connectivity index (χ4n) is 1.81. The number of aryl methyl sites for hydroxylation is 1. The Morgan fingerprint density at radius 2 is 1.79 bits per heavy atom. The van der Waals surface area contributed by atoms with Gasteiger partial charge in [-0.3, -0.25) is 4.79 Å². The van der Waals surface area contributed by atoms with Crippen molar-refractivity contribution in [2.24, 2.45) is 0 Å². The maximum Gasteiger partial charge on any atom is 0.378 e. The van der Waals surface area contributed by atoms with E-state index in [9.17, 15) is 19.8 Å². The van der Waals surface area contributed by atoms with E-state index in [1.807, 2.05) is 0 Å². The second-order valence-electron chi connectivity index (χ2n) is 4.22. The van der Waals surface area contributed by atoms with Crippen molar-refractivity contribution in [1.29, 1.82) is 0 Å². The van der Waals surface area contributed by atoms with E-state index in [0.717, 1.165) is 13.2 Å². The number of carbonyl (C=O) groups excluding carboxylic acids is 2. The Morgan fingerprint density at radius 3 is 2.32 bits per heavy atom. The molecule has 0 radical (unpaired) electrons. The van der Waals surface area contributed by atoms with Crippen LogP contribution < -0.4 is 0 Å². The van der Waals surface area contributed by atoms with Gasteiger partial charge in [0.1, 0.15) is 11.5 Å². The molecule has 0 heterocycles. The molecule has 0 aromatic heterocycles. The minimum Gasteiger partial charge on any atom is -0.508 e. The van der Waals surface area contributed by atoms with Gasteiger partial charge in [0.25, 0.3) is 5.78 Å². The second kappa shape index (κ2) is 5.56. The molecule has 19 heavy (non-hydrogen) atoms. The molecule has 0 saturated heterocycles. The van der Waals surface area contributed by atoms with E-state index in [1.165, 1.54) is 6.07 Å². The summed E-state index contributed by atoms with van der Waals surface area (Å²) >= 11 is 0. The summed E-state index contributed by atoms with van der Waals surface area (Å²) in [4.78, 5) is 22.4. The van der Waals surface area contributed by atoms with Gasteiger partial charge in [-0.1, -0.05) is 0 Å². The summed E-state index contributed by atoms with van der Waals surface area (Å²) in [6, 6.07) is 1.49. The van der Waals surface area contributed by atoms with E-state index in [-0.39, 0.29) is 11.5 Å². The van der Waals surface area contributed by atoms with Gasteiger partial charge < -0.3 is 14.9 Å². The molecule has 5 heteroatoms. The lowest BCUT2D eigenvalue weighted by molar-refractivity contribution is -0.149. The van der Waals surface area contributed by atoms with E-state index in [1.54, 1.807) is 20.8 Å². The quantitative estimate of drug-likeness (QED) is 0.377. The third-order valence-corrected chi connectivity index (χ3v) is 2.98. The fraction of sp³-hybridized carbons (Fsp3) is 0.286. The molecule has 1 aromatic rings. The smallest absolute Gasteiger partial charge is 0.378 e. The fourth-order valence-corrected chi connectivity index (χ4v) is 1.81. The second-order valence-corrected chi connectivity index (χ2v) is 4.22. The number of aliphatic hydroxyl groups excluding tert-OH is 1. The molecular formula is C14H16O5. The lowest BCUT2D eigenvalue weighted by Crippen LogP contribution is -2.13. The molecule has 1 rings (SSSR count). The van der Waals surface area contributed by atoms with E-state index in [4.69, 9.17) is 0 Å². The standard InChI is InChI=1S/C14H16O5/c1-7-5-10(15)8(2)9(3)13(7)11(16)6-12(17)14(18)19-4/h5-6,15-16H,1-4H3/b11-6+. The molecule has 0 atom stereocenters. The van der Waals surface area contributed by atoms with Gasteiger partial charge in [0.2, 0.25) is 0 Å². The van der Waals surface area contributed by atoms with Gasteiger partial charge in [0, 0.05) is 11.6 Å². The first-order chi connectivity index (χ1) is 8.79. The first-order valence-corrected chi connectivity index (χ1v) is 5.62. The number of methoxy groups -OCH3 is 1. The lowest BCUT2D eigenvalue weighted by atomic mass is 9.95. The van der Waals surface area contributed by atoms with Crippen molar-refractivity contribution in [3.63, 3.8) is 0 Å². The average molecular weight is 264 g/mol. The van der Waals surface area contributed by atoms with Crippen LogP contribution in [0.1, 0.15) is 22.3 Å². The topological polar surface area (TPSA) is 83.8 Å². The maximum absolute atomic E-state index is 11.4. The number of aromatic hydroxyl groups is 1. The number of carbonyl (C=O) groups is 2. The summed E-state index contributed by atoms with van der Waals surface area (Å²) in [7, 11) is 1.09. The normalized spacial score (nSPS) is 11.3. The Labute approximate surface area is 111 Å². The molecule has 1 aromatic carbocycles. The van der Waals surface area contributed by atoms with Crippen LogP contribution in [0.3, 0.4) is 0 Å². The number of rotatable bonds is 3. The average Bonchev–Trinajstić information content (AvgIpc) is 2.34. The Bertz CT molecular complexity index is 570. The Morgan fingerprint density at radius 1 is 1.21 bits per heavy atom. The number of esters is 1. The van der Waals surface area contributed by atoms with Crippen LogP contribution in [-0.2, 0) is 14.3 Å². The SMILES string of the molecule is COC(=O)C(=O)/C=C(/O)c1c(C)cc(O)c(C)c1C. The maximum atomic E-state index is 11.4. The van der Waals surface area contributed by atoms with Crippen LogP contribution in [0.4, 0.5) is 0 Å². The highest BCUT2D eigenvalue weighted by Crippen LogP contribution is 2.30. The molecular weight excluding hydrogens is 248 g/mol. The molecule has 2 N–H and O–H groups in total. The van der Waals surface area contributed by atoms with Crippen LogP contribution in [0.5, 0.6) is 5.75 Å². The van der Waals surface area contributed by atoms with Crippen molar-refractivity contribution in [2.45, 2.75) is 20.8 Å². The number of phenols is 1. The molecule has 5 nitrogen and oxygen atoms in total. The molecule has 0 amide bonds. The van der Waals surface area contributed by atoms with Gasteiger partial charge in [-0.25, -0.2) is 4.79 Å². The predicted octanol–water partition coefficient (Wildman–Crippen LogP) is 1.96. The van der Waals surface area contributed by atoms with Gasteiger partial charge in [-0.2, -0.15) is 0 Å². The molecule has 0 aliphatic heterocycles. The third kappa shape index (κ3) is 2.93. The summed E-state index contributed by atoms with van der Waals surface area (Å²) in [5.41, 5.74) is 2.27. The van der Waals surface area contributed by atoms with Crippen LogP contribution in [0, 0.1) is 20.8 Å². The molecule has 0 spiro atoms. The molecule has 0 fully saturated rings. The first-order valence-electron chi connectivity index (χ1n) is 5.62. The minimum atomic E-state index is -1.04. The number of hydrogen-bond acceptors (Lipinski definition) is 5. The van der Waals surface area contributed by atoms with Crippen molar-refractivity contribution in [1.82, 2.24) is 0 Å². The molecule has 0 aliphatic carbocycles. The zero-order valence-corrected chi connectivity index (χ0v) is 11.3. The van der Waals surface area contributed by atoms with Crippen molar-refractivity contribution >= 4 is 17.5 Å². The zero-order valence-electron chi connectivity index (χ0n) is 11.3. The lowest BCUT2D eigenvalue weighted by Gasteiger charge is -2.13. The molecule has 0 aliphatic rings. The summed E-state index contributed by atoms with van der Waals surface area (Å²) < 4.78 is 4.27. The van der Waals surface area contributed by atoms with Crippen LogP contribution in [-0.4, -0.2) is 29.1 Å². The Balaban J connectivity index is 3.31. The van der Waals surface area contributed by atoms with E-state index >= 15 is 0 Å². The molecule has 0 saturated carbocycles. The highest BCUT2D eigenvalue weighted by Gasteiger charge is 2.17. The summed E-state index contributed by atoms with van der Waals surface area (Å²) in [5, 5.41) is 19.6. The van der Waals surface area contributed by atoms with Crippen molar-refractivity contribution in [3.05, 3.63) is 34.4 Å². The Kier molecular flexibility index (Phi) is 4.32. The van der Waals surface area contributed by atoms with Crippen LogP contribution >= 0.6 is 0 Å². The van der Waals surface area contributed by atoms with E-state index in [0.29, 0.717) is 22.3 Å². The molecule has 0 bridgehead atoms. The summed E-state index contributed by atoms with van der Waals surface area (Å²) in [6.45, 7) is 5.10. The van der Waals surface area contributed by atoms with Crippen LogP contribution in [0.2, 0.25) is 0 Å². The van der Waals surface area contributed by atoms with Crippen molar-refractivity contribution in [2.75, 3.05) is 7.11 Å². The number of ketones is 1. The number of benzene rings is 1. The van der Waals surface area contributed by atoms with Gasteiger partial charge in [0.15, 0.2) is 0 Å². The van der Waals surface area contributed by atoms with Gasteiger partial charge in [0.05, 0.1) is 7.11 Å². The Hall–Kier alpha value is -2.30. The highest BCUT2D eigenvalue weighted by atomic mass is 16.5. The minimum absolute atomic E-state index is 0.117. The predicted molar refractivity (Wildman–Crippen MR) is 69.9 cm³/mol. The van der Waals surface area contributed by atoms with Crippen molar-refractivity contribution < 1.29 is 24.5 Å². The van der Waals surface area contributed by atoms with Crippen LogP contribution in [0.15, 0.2) is 12.1 Å². The third-order valence-electron chi connectivity index (χ3n) is 2.98. The zero-order chi connectivity index (χ0) is 14.7. The first kappa shape index (κ1) is 14.8. The van der Waals surface area contributed by atoms with E-state index < -0.39 is 11.8 Å². The molecule has 0 unspecified atom stereocenters. The number of ether oxygens (including phenoxy) is 1. The largest absolute Gasteiger partial charge is 0.508 e. The summed E-state index contributed by atoms with van der Waals surface area (Å²) in [5.74, 6) is -2.19. The summed E-state index contributed by atoms with van der Waals surface area (Å²) in [6.07, 6.45) is 0.817. The number of hydrogen-bond donors (Lipinski definition) is 2. The van der Waals surface area contributed by atoms with Crippen LogP contribution in [0.25, 0.3) is 5.76 Å². The monoisotopic (exact) mass is 264 g/mol. The number of aliphatic hydroxyl groups is 1. The van der Waals surface area contributed by atoms with Gasteiger partial charge in [-0.05, 0) is 43.5 Å². The van der Waals surface area contributed by atoms with Gasteiger partial charge >= 0.3 is 5.97 Å². The highest BCUT2D eigenvalue weighted by molar-refractivity contribution is 6.39. The van der Waals surface area contributed by atoms with Gasteiger partial charge in [-0.15, -0.1) is 0 Å². The number of phenolic OH excluding ortho intramolecular Hbond substituents is 1. The van der Waals surface area contributed by atoms with Crippen molar-refractivity contribution in [3.8, 4) is 5.75 Å². The molecule has 102 valence electrons.